The number of hydrogen-bond acceptors (Lipinski definition) is 4. The summed E-state index contributed by atoms with van der Waals surface area (Å²) >= 11 is 0. The van der Waals surface area contributed by atoms with Crippen molar-refractivity contribution in [2.75, 3.05) is 0 Å². The van der Waals surface area contributed by atoms with Gasteiger partial charge in [0.1, 0.15) is 5.82 Å². The number of urea groups is 1. The van der Waals surface area contributed by atoms with E-state index < -0.39 is 40.5 Å². The minimum atomic E-state index is -1.74. The van der Waals surface area contributed by atoms with Gasteiger partial charge in [0.25, 0.3) is 11.8 Å². The number of nitrogens with one attached hydrogen (secondary N) is 1. The van der Waals surface area contributed by atoms with Crippen molar-refractivity contribution >= 4 is 23.8 Å². The van der Waals surface area contributed by atoms with Crippen molar-refractivity contribution in [1.29, 1.82) is 0 Å². The Balaban J connectivity index is 2.12. The number of imide groups is 4. The maximum absolute atomic E-state index is 14.0. The van der Waals surface area contributed by atoms with Gasteiger partial charge >= 0.3 is 6.03 Å². The highest BCUT2D eigenvalue weighted by atomic mass is 19.1. The van der Waals surface area contributed by atoms with Crippen molar-refractivity contribution in [3.8, 4) is 0 Å². The van der Waals surface area contributed by atoms with Crippen molar-refractivity contribution in [3.05, 3.63) is 71.5 Å². The zero-order valence-corrected chi connectivity index (χ0v) is 13.9. The topological polar surface area (TPSA) is 83.6 Å². The van der Waals surface area contributed by atoms with E-state index in [1.807, 2.05) is 0 Å². The number of nitrogens with zero attached hydrogens (tertiary/aromatic N) is 1. The summed E-state index contributed by atoms with van der Waals surface area (Å²) in [6.07, 6.45) is 0.0238. The third-order valence-electron chi connectivity index (χ3n) is 4.48. The van der Waals surface area contributed by atoms with Crippen LogP contribution in [0.2, 0.25) is 0 Å². The molecule has 1 N–H and O–H groups in total. The summed E-state index contributed by atoms with van der Waals surface area (Å²) in [5, 5.41) is 2.05. The van der Waals surface area contributed by atoms with Crippen LogP contribution in [-0.2, 0) is 15.0 Å². The third-order valence-corrected chi connectivity index (χ3v) is 4.48. The first-order chi connectivity index (χ1) is 12.4. The molecule has 3 rings (SSSR count). The molecule has 132 valence electrons. The van der Waals surface area contributed by atoms with E-state index in [9.17, 15) is 23.6 Å². The van der Waals surface area contributed by atoms with Crippen molar-refractivity contribution in [3.63, 3.8) is 0 Å². The molecular formula is C19H15FN2O4. The van der Waals surface area contributed by atoms with E-state index in [2.05, 4.69) is 5.32 Å². The van der Waals surface area contributed by atoms with Gasteiger partial charge in [0, 0.05) is 0 Å². The van der Waals surface area contributed by atoms with Crippen LogP contribution in [0.15, 0.2) is 54.6 Å². The number of carbonyl (C=O) groups excluding carboxylic acids is 4. The lowest BCUT2D eigenvalue weighted by molar-refractivity contribution is -0.143. The van der Waals surface area contributed by atoms with Crippen LogP contribution in [0.25, 0.3) is 0 Å². The standard InChI is InChI=1S/C19H15FN2O4/c1-2-19(12-8-4-3-5-9-12)16(24)21-18(26)22(17(19)25)15(23)13-10-6-7-11-14(13)20/h3-11H,2H2,1H3,(H,21,24,26). The Bertz CT molecular complexity index is 913. The zero-order valence-electron chi connectivity index (χ0n) is 13.9. The highest BCUT2D eigenvalue weighted by molar-refractivity contribution is 6.30. The second kappa shape index (κ2) is 6.51. The molecule has 1 aliphatic heterocycles. The van der Waals surface area contributed by atoms with Crippen molar-refractivity contribution in [2.24, 2.45) is 0 Å². The Morgan fingerprint density at radius 3 is 2.27 bits per heavy atom. The molecule has 0 aromatic heterocycles. The van der Waals surface area contributed by atoms with Crippen LogP contribution in [0.5, 0.6) is 0 Å². The molecule has 26 heavy (non-hydrogen) atoms. The Kier molecular flexibility index (Phi) is 4.38. The fraction of sp³-hybridized carbons (Fsp3) is 0.158. The molecule has 1 saturated heterocycles. The second-order valence-electron chi connectivity index (χ2n) is 5.81. The maximum atomic E-state index is 14.0. The number of benzene rings is 2. The molecule has 0 saturated carbocycles. The molecule has 7 heteroatoms. The molecule has 2 aromatic rings. The number of carbonyl (C=O) groups is 4. The summed E-state index contributed by atoms with van der Waals surface area (Å²) in [5.41, 5.74) is -1.82. The van der Waals surface area contributed by atoms with E-state index in [1.165, 1.54) is 18.2 Å². The molecular weight excluding hydrogens is 339 g/mol. The first kappa shape index (κ1) is 17.5. The molecule has 1 atom stereocenters. The van der Waals surface area contributed by atoms with E-state index in [0.717, 1.165) is 6.07 Å². The first-order valence-corrected chi connectivity index (χ1v) is 7.97. The van der Waals surface area contributed by atoms with Gasteiger partial charge in [0.2, 0.25) is 5.91 Å². The van der Waals surface area contributed by atoms with Gasteiger partial charge < -0.3 is 0 Å². The quantitative estimate of drug-likeness (QED) is 0.678. The van der Waals surface area contributed by atoms with Gasteiger partial charge in [-0.3, -0.25) is 19.7 Å². The van der Waals surface area contributed by atoms with Gasteiger partial charge in [-0.15, -0.1) is 0 Å². The van der Waals surface area contributed by atoms with Gasteiger partial charge in [-0.1, -0.05) is 49.4 Å². The molecule has 1 heterocycles. The average Bonchev–Trinajstić information content (AvgIpc) is 2.63. The number of rotatable bonds is 3. The van der Waals surface area contributed by atoms with Gasteiger partial charge in [0.05, 0.1) is 5.56 Å². The number of hydrogen-bond donors (Lipinski definition) is 1. The molecule has 2 aromatic carbocycles. The Morgan fingerprint density at radius 1 is 1.04 bits per heavy atom. The smallest absolute Gasteiger partial charge is 0.276 e. The molecule has 1 aliphatic rings. The molecule has 0 aliphatic carbocycles. The Morgan fingerprint density at radius 2 is 1.65 bits per heavy atom. The minimum Gasteiger partial charge on any atom is -0.276 e. The Labute approximate surface area is 148 Å². The molecule has 5 amide bonds. The SMILES string of the molecule is CCC1(c2ccccc2)C(=O)NC(=O)N(C(=O)c2ccccc2F)C1=O. The van der Waals surface area contributed by atoms with E-state index in [0.29, 0.717) is 10.5 Å². The summed E-state index contributed by atoms with van der Waals surface area (Å²) in [6.45, 7) is 1.60. The van der Waals surface area contributed by atoms with Crippen LogP contribution in [-0.4, -0.2) is 28.7 Å². The zero-order chi connectivity index (χ0) is 18.9. The van der Waals surface area contributed by atoms with Gasteiger partial charge in [0.15, 0.2) is 5.41 Å². The lowest BCUT2D eigenvalue weighted by Gasteiger charge is -2.38. The van der Waals surface area contributed by atoms with Gasteiger partial charge in [-0.2, -0.15) is 4.90 Å². The number of halogens is 1. The fourth-order valence-electron chi connectivity index (χ4n) is 3.07. The van der Waals surface area contributed by atoms with Gasteiger partial charge in [-0.25, -0.2) is 9.18 Å². The predicted octanol–water partition coefficient (Wildman–Crippen LogP) is 2.39. The van der Waals surface area contributed by atoms with E-state index in [-0.39, 0.29) is 6.42 Å². The summed E-state index contributed by atoms with van der Waals surface area (Å²) < 4.78 is 14.0. The molecule has 1 fully saturated rings. The van der Waals surface area contributed by atoms with Crippen LogP contribution in [0.4, 0.5) is 9.18 Å². The maximum Gasteiger partial charge on any atom is 0.338 e. The third kappa shape index (κ3) is 2.48. The normalized spacial score (nSPS) is 20.1. The predicted molar refractivity (Wildman–Crippen MR) is 89.5 cm³/mol. The summed E-state index contributed by atoms with van der Waals surface area (Å²) in [5.74, 6) is -3.78. The minimum absolute atomic E-state index is 0.0238. The lowest BCUT2D eigenvalue weighted by Crippen LogP contribution is -2.67. The monoisotopic (exact) mass is 354 g/mol. The molecule has 1 unspecified atom stereocenters. The van der Waals surface area contributed by atoms with Crippen LogP contribution >= 0.6 is 0 Å². The summed E-state index contributed by atoms with van der Waals surface area (Å²) in [4.78, 5) is 50.9. The van der Waals surface area contributed by atoms with Crippen LogP contribution in [0.1, 0.15) is 29.3 Å². The Hall–Kier alpha value is -3.35. The summed E-state index contributed by atoms with van der Waals surface area (Å²) in [6, 6.07) is 12.0. The molecule has 6 nitrogen and oxygen atoms in total. The molecule has 0 radical (unpaired) electrons. The van der Waals surface area contributed by atoms with Gasteiger partial charge in [-0.05, 0) is 24.1 Å². The lowest BCUT2D eigenvalue weighted by atomic mass is 9.74. The largest absolute Gasteiger partial charge is 0.338 e. The van der Waals surface area contributed by atoms with E-state index >= 15 is 0 Å². The fourth-order valence-corrected chi connectivity index (χ4v) is 3.07. The summed E-state index contributed by atoms with van der Waals surface area (Å²) in [7, 11) is 0. The highest BCUT2D eigenvalue weighted by Gasteiger charge is 2.55. The first-order valence-electron chi connectivity index (χ1n) is 7.97. The van der Waals surface area contributed by atoms with Crippen molar-refractivity contribution in [1.82, 2.24) is 10.2 Å². The van der Waals surface area contributed by atoms with Crippen LogP contribution in [0.3, 0.4) is 0 Å². The van der Waals surface area contributed by atoms with Crippen molar-refractivity contribution < 1.29 is 23.6 Å². The number of amides is 5. The van der Waals surface area contributed by atoms with Crippen LogP contribution < -0.4 is 5.32 Å². The van der Waals surface area contributed by atoms with Crippen molar-refractivity contribution in [2.45, 2.75) is 18.8 Å². The average molecular weight is 354 g/mol. The molecule has 0 bridgehead atoms. The number of barbiturate groups is 1. The second-order valence-corrected chi connectivity index (χ2v) is 5.81. The highest BCUT2D eigenvalue weighted by Crippen LogP contribution is 2.34. The van der Waals surface area contributed by atoms with E-state index in [4.69, 9.17) is 0 Å². The van der Waals surface area contributed by atoms with Crippen LogP contribution in [0, 0.1) is 5.82 Å². The van der Waals surface area contributed by atoms with E-state index in [1.54, 1.807) is 37.3 Å². The molecule has 0 spiro atoms.